The molecule has 8 heteroatoms. The van der Waals surface area contributed by atoms with Crippen LogP contribution in [0.4, 0.5) is 16.2 Å². The van der Waals surface area contributed by atoms with Gasteiger partial charge in [0.2, 0.25) is 5.89 Å². The predicted octanol–water partition coefficient (Wildman–Crippen LogP) is 4.50. The number of aromatic nitrogens is 1. The second-order valence-electron chi connectivity index (χ2n) is 7.40. The van der Waals surface area contributed by atoms with Crippen molar-refractivity contribution in [2.45, 2.75) is 13.3 Å². The number of anilines is 2. The quantitative estimate of drug-likeness (QED) is 0.589. The zero-order chi connectivity index (χ0) is 21.6. The van der Waals surface area contributed by atoms with Crippen molar-refractivity contribution in [3.8, 4) is 11.5 Å². The number of carbonyl (C=O) groups is 1. The van der Waals surface area contributed by atoms with E-state index in [1.807, 2.05) is 43.3 Å². The van der Waals surface area contributed by atoms with E-state index in [1.165, 1.54) is 5.56 Å². The molecule has 1 aliphatic rings. The molecule has 0 atom stereocenters. The van der Waals surface area contributed by atoms with Gasteiger partial charge in [0.25, 0.3) is 0 Å². The summed E-state index contributed by atoms with van der Waals surface area (Å²) in [6, 6.07) is 13.2. The summed E-state index contributed by atoms with van der Waals surface area (Å²) >= 11 is 6.15. The van der Waals surface area contributed by atoms with Crippen molar-refractivity contribution >= 4 is 29.0 Å². The van der Waals surface area contributed by atoms with Crippen LogP contribution in [0.3, 0.4) is 0 Å². The first-order chi connectivity index (χ1) is 15.1. The van der Waals surface area contributed by atoms with Crippen LogP contribution in [0.15, 0.2) is 53.1 Å². The topological polar surface area (TPSA) is 79.6 Å². The Balaban J connectivity index is 1.32. The van der Waals surface area contributed by atoms with E-state index in [4.69, 9.17) is 20.8 Å². The molecule has 0 bridgehead atoms. The largest absolute Gasteiger partial charge is 0.444 e. The van der Waals surface area contributed by atoms with Crippen LogP contribution in [0.25, 0.3) is 11.5 Å². The maximum Gasteiger partial charge on any atom is 0.319 e. The van der Waals surface area contributed by atoms with Crippen molar-refractivity contribution in [1.82, 2.24) is 10.3 Å². The van der Waals surface area contributed by atoms with Crippen LogP contribution >= 0.6 is 11.6 Å². The van der Waals surface area contributed by atoms with Crippen LogP contribution in [0.1, 0.15) is 11.3 Å². The zero-order valence-corrected chi connectivity index (χ0v) is 18.1. The number of hydrogen-bond acceptors (Lipinski definition) is 5. The van der Waals surface area contributed by atoms with Crippen LogP contribution in [0.2, 0.25) is 5.02 Å². The van der Waals surface area contributed by atoms with Gasteiger partial charge in [0.15, 0.2) is 0 Å². The van der Waals surface area contributed by atoms with Crippen LogP contribution in [0, 0.1) is 6.92 Å². The fourth-order valence-corrected chi connectivity index (χ4v) is 3.58. The van der Waals surface area contributed by atoms with Gasteiger partial charge in [0, 0.05) is 36.6 Å². The minimum atomic E-state index is -0.293. The van der Waals surface area contributed by atoms with Crippen molar-refractivity contribution in [3.63, 3.8) is 0 Å². The Hall–Kier alpha value is -3.03. The molecule has 0 aliphatic carbocycles. The Labute approximate surface area is 186 Å². The highest BCUT2D eigenvalue weighted by molar-refractivity contribution is 6.31. The highest BCUT2D eigenvalue weighted by atomic mass is 35.5. The first-order valence-electron chi connectivity index (χ1n) is 10.3. The normalized spacial score (nSPS) is 13.8. The van der Waals surface area contributed by atoms with Gasteiger partial charge < -0.3 is 24.7 Å². The van der Waals surface area contributed by atoms with Gasteiger partial charge in [0.1, 0.15) is 6.26 Å². The smallest absolute Gasteiger partial charge is 0.319 e. The molecule has 0 radical (unpaired) electrons. The number of halogens is 1. The lowest BCUT2D eigenvalue weighted by molar-refractivity contribution is 0.123. The summed E-state index contributed by atoms with van der Waals surface area (Å²) in [6.07, 6.45) is 2.19. The third-order valence-electron chi connectivity index (χ3n) is 5.08. The highest BCUT2D eigenvalue weighted by Crippen LogP contribution is 2.29. The lowest BCUT2D eigenvalue weighted by Crippen LogP contribution is -2.37. The molecule has 2 aromatic carbocycles. The summed E-state index contributed by atoms with van der Waals surface area (Å²) in [5.41, 5.74) is 4.51. The summed E-state index contributed by atoms with van der Waals surface area (Å²) in [4.78, 5) is 19.1. The maximum absolute atomic E-state index is 12.5. The molecule has 0 spiro atoms. The maximum atomic E-state index is 12.5. The van der Waals surface area contributed by atoms with E-state index in [0.717, 1.165) is 30.0 Å². The van der Waals surface area contributed by atoms with Gasteiger partial charge in [0.05, 0.1) is 30.3 Å². The minimum Gasteiger partial charge on any atom is -0.444 e. The van der Waals surface area contributed by atoms with E-state index in [-0.39, 0.29) is 6.03 Å². The molecule has 162 valence electrons. The Morgan fingerprint density at radius 3 is 2.71 bits per heavy atom. The molecule has 1 fully saturated rings. The number of rotatable bonds is 6. The zero-order valence-electron chi connectivity index (χ0n) is 17.4. The molecule has 2 N–H and O–H groups in total. The number of carbonyl (C=O) groups excluding carboxylic acids is 1. The lowest BCUT2D eigenvalue weighted by Gasteiger charge is -2.30. The second kappa shape index (κ2) is 9.85. The number of oxazole rings is 1. The van der Waals surface area contributed by atoms with E-state index >= 15 is 0 Å². The third-order valence-corrected chi connectivity index (χ3v) is 5.31. The number of benzene rings is 2. The molecule has 1 saturated heterocycles. The van der Waals surface area contributed by atoms with E-state index in [1.54, 1.807) is 12.3 Å². The van der Waals surface area contributed by atoms with Gasteiger partial charge in [-0.15, -0.1) is 0 Å². The average molecular weight is 441 g/mol. The van der Waals surface area contributed by atoms with Crippen LogP contribution in [0.5, 0.6) is 0 Å². The Kier molecular flexibility index (Phi) is 6.74. The Morgan fingerprint density at radius 2 is 1.94 bits per heavy atom. The van der Waals surface area contributed by atoms with Crippen molar-refractivity contribution in [3.05, 3.63) is 65.0 Å². The number of nitrogens with zero attached hydrogens (tertiary/aromatic N) is 2. The van der Waals surface area contributed by atoms with Gasteiger partial charge >= 0.3 is 6.03 Å². The van der Waals surface area contributed by atoms with Gasteiger partial charge in [-0.05, 0) is 37.3 Å². The number of nitrogens with one attached hydrogen (secondary N) is 2. The fourth-order valence-electron chi connectivity index (χ4n) is 3.41. The lowest BCUT2D eigenvalue weighted by atomic mass is 10.1. The molecule has 7 nitrogen and oxygen atoms in total. The number of aryl methyl sites for hydroxylation is 1. The average Bonchev–Trinajstić information content (AvgIpc) is 3.24. The van der Waals surface area contributed by atoms with Gasteiger partial charge in [-0.2, -0.15) is 0 Å². The summed E-state index contributed by atoms with van der Waals surface area (Å²) in [5, 5.41) is 6.35. The first-order valence-corrected chi connectivity index (χ1v) is 10.6. The Morgan fingerprint density at radius 1 is 1.16 bits per heavy atom. The van der Waals surface area contributed by atoms with E-state index in [0.29, 0.717) is 42.8 Å². The minimum absolute atomic E-state index is 0.293. The molecule has 2 heterocycles. The van der Waals surface area contributed by atoms with E-state index < -0.39 is 0 Å². The number of hydrogen-bond donors (Lipinski definition) is 2. The first kappa shape index (κ1) is 21.2. The number of ether oxygens (including phenoxy) is 1. The third kappa shape index (κ3) is 5.57. The molecular formula is C23H25ClN4O3. The standard InChI is InChI=1S/C23H25ClN4O3/c1-16-2-4-17(5-3-16)22-26-19(15-31-22)8-9-25-23(29)27-20-14-18(24)6-7-21(20)28-10-12-30-13-11-28/h2-7,14-15H,8-13H2,1H3,(H2,25,27,29). The molecule has 0 saturated carbocycles. The number of morpholine rings is 1. The van der Waals surface area contributed by atoms with Crippen molar-refractivity contribution in [2.75, 3.05) is 43.1 Å². The summed E-state index contributed by atoms with van der Waals surface area (Å²) in [7, 11) is 0. The molecule has 1 aliphatic heterocycles. The number of urea groups is 1. The van der Waals surface area contributed by atoms with Gasteiger partial charge in [-0.25, -0.2) is 9.78 Å². The molecular weight excluding hydrogens is 416 g/mol. The van der Waals surface area contributed by atoms with E-state index in [2.05, 4.69) is 20.5 Å². The molecule has 31 heavy (non-hydrogen) atoms. The van der Waals surface area contributed by atoms with Crippen LogP contribution in [-0.2, 0) is 11.2 Å². The summed E-state index contributed by atoms with van der Waals surface area (Å²) in [5.74, 6) is 0.577. The molecule has 3 aromatic rings. The van der Waals surface area contributed by atoms with E-state index in [9.17, 15) is 4.79 Å². The van der Waals surface area contributed by atoms with Gasteiger partial charge in [-0.3, -0.25) is 0 Å². The fraction of sp³-hybridized carbons (Fsp3) is 0.304. The monoisotopic (exact) mass is 440 g/mol. The highest BCUT2D eigenvalue weighted by Gasteiger charge is 2.16. The summed E-state index contributed by atoms with van der Waals surface area (Å²) in [6.45, 7) is 5.34. The van der Waals surface area contributed by atoms with Crippen LogP contribution in [-0.4, -0.2) is 43.9 Å². The van der Waals surface area contributed by atoms with Crippen molar-refractivity contribution < 1.29 is 13.9 Å². The molecule has 2 amide bonds. The predicted molar refractivity (Wildman–Crippen MR) is 122 cm³/mol. The molecule has 0 unspecified atom stereocenters. The molecule has 1 aromatic heterocycles. The van der Waals surface area contributed by atoms with Gasteiger partial charge in [-0.1, -0.05) is 29.3 Å². The summed E-state index contributed by atoms with van der Waals surface area (Å²) < 4.78 is 11.0. The molecule has 4 rings (SSSR count). The number of amides is 2. The Bertz CT molecular complexity index is 1030. The van der Waals surface area contributed by atoms with Crippen LogP contribution < -0.4 is 15.5 Å². The van der Waals surface area contributed by atoms with Crippen molar-refractivity contribution in [2.24, 2.45) is 0 Å². The second-order valence-corrected chi connectivity index (χ2v) is 7.84. The van der Waals surface area contributed by atoms with Crippen molar-refractivity contribution in [1.29, 1.82) is 0 Å². The SMILES string of the molecule is Cc1ccc(-c2nc(CCNC(=O)Nc3cc(Cl)ccc3N3CCOCC3)co2)cc1.